The third-order valence-electron chi connectivity index (χ3n) is 3.88. The van der Waals surface area contributed by atoms with Crippen LogP contribution < -0.4 is 26.4 Å². The fraction of sp³-hybridized carbons (Fsp3) is 0.105. The van der Waals surface area contributed by atoms with Crippen LogP contribution in [0.5, 0.6) is 5.75 Å². The number of urea groups is 1. The average molecular weight is 434 g/mol. The number of benzene rings is 2. The number of hydrogen-bond donors (Lipinski definition) is 5. The van der Waals surface area contributed by atoms with E-state index in [0.717, 1.165) is 17.7 Å². The summed E-state index contributed by atoms with van der Waals surface area (Å²) in [5.41, 5.74) is 7.16. The molecule has 3 rings (SSSR count). The molecule has 3 amide bonds. The quantitative estimate of drug-likeness (QED) is 0.387. The zero-order valence-corrected chi connectivity index (χ0v) is 15.8. The summed E-state index contributed by atoms with van der Waals surface area (Å²) in [6.07, 6.45) is -3.41. The molecule has 0 aliphatic rings. The summed E-state index contributed by atoms with van der Waals surface area (Å²) in [7, 11) is 0. The van der Waals surface area contributed by atoms with Gasteiger partial charge in [0.2, 0.25) is 0 Å². The number of ether oxygens (including phenoxy) is 1. The molecule has 0 saturated carbocycles. The second-order valence-electron chi connectivity index (χ2n) is 6.23. The normalized spacial score (nSPS) is 10.9. The van der Waals surface area contributed by atoms with Gasteiger partial charge in [-0.1, -0.05) is 18.2 Å². The number of nitrogens with one attached hydrogen (secondary N) is 4. The van der Waals surface area contributed by atoms with Crippen molar-refractivity contribution in [1.82, 2.24) is 10.2 Å². The molecular weight excluding hydrogens is 417 g/mol. The van der Waals surface area contributed by atoms with Crippen LogP contribution in [0.2, 0.25) is 0 Å². The number of amides is 3. The number of aromatic amines is 1. The van der Waals surface area contributed by atoms with Crippen LogP contribution in [0.3, 0.4) is 0 Å². The molecule has 2 aromatic carbocycles. The molecule has 0 saturated heterocycles. The van der Waals surface area contributed by atoms with Crippen LogP contribution in [0, 0.1) is 0 Å². The molecule has 0 fully saturated rings. The summed E-state index contributed by atoms with van der Waals surface area (Å²) in [5.74, 6) is -1.11. The van der Waals surface area contributed by atoms with Crippen molar-refractivity contribution in [3.63, 3.8) is 0 Å². The number of hydrogen-bond acceptors (Lipinski definition) is 5. The molecule has 162 valence electrons. The standard InChI is InChI=1S/C19H17F3N6O3/c20-19(21,22)31-14-6-2-5-13(8-14)27-18(30)26-12-4-1-3-11(7-12)9-24-15-10-25-28-16(15)17(23)29/h1-8,10,24H,9H2,(H2,23,29)(H,25,28)(H2,26,27,30). The van der Waals surface area contributed by atoms with E-state index in [2.05, 4.69) is 30.9 Å². The monoisotopic (exact) mass is 434 g/mol. The summed E-state index contributed by atoms with van der Waals surface area (Å²) < 4.78 is 40.8. The molecule has 12 heteroatoms. The molecule has 0 atom stereocenters. The number of rotatable bonds is 7. The molecule has 0 aliphatic heterocycles. The number of carbonyl (C=O) groups is 2. The largest absolute Gasteiger partial charge is 0.573 e. The second-order valence-corrected chi connectivity index (χ2v) is 6.23. The van der Waals surface area contributed by atoms with Crippen molar-refractivity contribution in [2.75, 3.05) is 16.0 Å². The number of halogens is 3. The van der Waals surface area contributed by atoms with Gasteiger partial charge in [0.25, 0.3) is 5.91 Å². The lowest BCUT2D eigenvalue weighted by Gasteiger charge is -2.12. The topological polar surface area (TPSA) is 134 Å². The fourth-order valence-electron chi connectivity index (χ4n) is 2.63. The Bertz CT molecular complexity index is 1080. The molecule has 9 nitrogen and oxygen atoms in total. The van der Waals surface area contributed by atoms with E-state index in [4.69, 9.17) is 5.73 Å². The molecular formula is C19H17F3N6O3. The first-order valence-corrected chi connectivity index (χ1v) is 8.79. The fourth-order valence-corrected chi connectivity index (χ4v) is 2.63. The number of nitrogens with zero attached hydrogens (tertiary/aromatic N) is 1. The van der Waals surface area contributed by atoms with E-state index in [0.29, 0.717) is 17.9 Å². The molecule has 1 aromatic heterocycles. The van der Waals surface area contributed by atoms with Crippen LogP contribution in [-0.2, 0) is 6.54 Å². The molecule has 1 heterocycles. The minimum absolute atomic E-state index is 0.121. The van der Waals surface area contributed by atoms with Crippen LogP contribution in [0.4, 0.5) is 35.0 Å². The van der Waals surface area contributed by atoms with Gasteiger partial charge in [-0.2, -0.15) is 5.10 Å². The highest BCUT2D eigenvalue weighted by Gasteiger charge is 2.31. The van der Waals surface area contributed by atoms with Crippen molar-refractivity contribution in [2.45, 2.75) is 12.9 Å². The number of carbonyl (C=O) groups excluding carboxylic acids is 2. The Kier molecular flexibility index (Phi) is 6.29. The summed E-state index contributed by atoms with van der Waals surface area (Å²) in [5, 5.41) is 14.3. The van der Waals surface area contributed by atoms with E-state index >= 15 is 0 Å². The van der Waals surface area contributed by atoms with Crippen LogP contribution in [0.1, 0.15) is 16.1 Å². The molecule has 0 spiro atoms. The summed E-state index contributed by atoms with van der Waals surface area (Å²) in [6, 6.07) is 11.1. The van der Waals surface area contributed by atoms with Crippen LogP contribution in [0.25, 0.3) is 0 Å². The van der Waals surface area contributed by atoms with Gasteiger partial charge in [-0.3, -0.25) is 9.89 Å². The number of primary amides is 1. The molecule has 6 N–H and O–H groups in total. The van der Waals surface area contributed by atoms with Gasteiger partial charge in [-0.05, 0) is 29.8 Å². The van der Waals surface area contributed by atoms with Crippen molar-refractivity contribution in [3.05, 3.63) is 66.0 Å². The smallest absolute Gasteiger partial charge is 0.406 e. The highest BCUT2D eigenvalue weighted by molar-refractivity contribution is 6.00. The number of anilines is 3. The third kappa shape index (κ3) is 6.39. The van der Waals surface area contributed by atoms with Gasteiger partial charge < -0.3 is 26.4 Å². The maximum absolute atomic E-state index is 12.3. The van der Waals surface area contributed by atoms with Crippen molar-refractivity contribution in [3.8, 4) is 5.75 Å². The van der Waals surface area contributed by atoms with Gasteiger partial charge in [0, 0.05) is 24.0 Å². The minimum Gasteiger partial charge on any atom is -0.406 e. The summed E-state index contributed by atoms with van der Waals surface area (Å²) in [6.45, 7) is 0.313. The predicted octanol–water partition coefficient (Wildman–Crippen LogP) is 3.66. The number of H-pyrrole nitrogens is 1. The van der Waals surface area contributed by atoms with E-state index in [1.54, 1.807) is 24.3 Å². The maximum Gasteiger partial charge on any atom is 0.573 e. The highest BCUT2D eigenvalue weighted by Crippen LogP contribution is 2.25. The second kappa shape index (κ2) is 9.07. The molecule has 0 unspecified atom stereocenters. The Morgan fingerprint density at radius 2 is 1.74 bits per heavy atom. The Balaban J connectivity index is 1.59. The Morgan fingerprint density at radius 1 is 1.06 bits per heavy atom. The number of aromatic nitrogens is 2. The van der Waals surface area contributed by atoms with Gasteiger partial charge in [0.15, 0.2) is 0 Å². The third-order valence-corrected chi connectivity index (χ3v) is 3.88. The first kappa shape index (κ1) is 21.5. The van der Waals surface area contributed by atoms with E-state index in [-0.39, 0.29) is 11.4 Å². The number of nitrogens with two attached hydrogens (primary N) is 1. The van der Waals surface area contributed by atoms with Crippen LogP contribution in [0.15, 0.2) is 54.7 Å². The van der Waals surface area contributed by atoms with Gasteiger partial charge in [0.05, 0.1) is 11.9 Å². The van der Waals surface area contributed by atoms with Crippen molar-refractivity contribution in [2.24, 2.45) is 5.73 Å². The van der Waals surface area contributed by atoms with E-state index < -0.39 is 24.1 Å². The highest BCUT2D eigenvalue weighted by atomic mass is 19.4. The van der Waals surface area contributed by atoms with Crippen LogP contribution in [-0.4, -0.2) is 28.5 Å². The van der Waals surface area contributed by atoms with Gasteiger partial charge in [-0.15, -0.1) is 13.2 Å². The molecule has 0 aliphatic carbocycles. The van der Waals surface area contributed by atoms with Gasteiger partial charge in [0.1, 0.15) is 11.4 Å². The van der Waals surface area contributed by atoms with Gasteiger partial charge in [-0.25, -0.2) is 4.79 Å². The average Bonchev–Trinajstić information content (AvgIpc) is 3.14. The Labute approximate surface area is 173 Å². The van der Waals surface area contributed by atoms with E-state index in [9.17, 15) is 22.8 Å². The zero-order valence-electron chi connectivity index (χ0n) is 15.8. The summed E-state index contributed by atoms with van der Waals surface area (Å²) in [4.78, 5) is 23.5. The van der Waals surface area contributed by atoms with Crippen molar-refractivity contribution >= 4 is 29.0 Å². The van der Waals surface area contributed by atoms with Crippen molar-refractivity contribution in [1.29, 1.82) is 0 Å². The molecule has 31 heavy (non-hydrogen) atoms. The minimum atomic E-state index is -4.83. The summed E-state index contributed by atoms with van der Waals surface area (Å²) >= 11 is 0. The van der Waals surface area contributed by atoms with E-state index in [1.165, 1.54) is 18.3 Å². The van der Waals surface area contributed by atoms with Crippen molar-refractivity contribution < 1.29 is 27.5 Å². The SMILES string of the molecule is NC(=O)c1[nH]ncc1NCc1cccc(NC(=O)Nc2cccc(OC(F)(F)F)c2)c1. The molecule has 3 aromatic rings. The molecule has 0 bridgehead atoms. The first-order valence-electron chi connectivity index (χ1n) is 8.79. The van der Waals surface area contributed by atoms with Crippen LogP contribution >= 0.6 is 0 Å². The lowest BCUT2D eigenvalue weighted by Crippen LogP contribution is -2.20. The Hall–Kier alpha value is -4.22. The maximum atomic E-state index is 12.3. The zero-order chi connectivity index (χ0) is 22.4. The lowest BCUT2D eigenvalue weighted by atomic mass is 10.2. The number of alkyl halides is 3. The Morgan fingerprint density at radius 3 is 2.42 bits per heavy atom. The molecule has 0 radical (unpaired) electrons. The van der Waals surface area contributed by atoms with E-state index in [1.807, 2.05) is 0 Å². The first-order chi connectivity index (χ1) is 14.7. The predicted molar refractivity (Wildman–Crippen MR) is 107 cm³/mol. The van der Waals surface area contributed by atoms with Gasteiger partial charge >= 0.3 is 12.4 Å². The lowest BCUT2D eigenvalue weighted by molar-refractivity contribution is -0.274.